The third-order valence-corrected chi connectivity index (χ3v) is 8.48. The van der Waals surface area contributed by atoms with Crippen molar-refractivity contribution in [2.45, 2.75) is 50.7 Å². The van der Waals surface area contributed by atoms with Crippen LogP contribution in [0.15, 0.2) is 54.6 Å². The van der Waals surface area contributed by atoms with Crippen molar-refractivity contribution in [2.75, 3.05) is 39.0 Å². The summed E-state index contributed by atoms with van der Waals surface area (Å²) in [6.45, 7) is 6.38. The van der Waals surface area contributed by atoms with Gasteiger partial charge in [0.15, 0.2) is 5.82 Å². The van der Waals surface area contributed by atoms with E-state index in [1.165, 1.54) is 6.33 Å². The number of aromatic nitrogens is 4. The zero-order valence-corrected chi connectivity index (χ0v) is 22.1. The molecule has 0 spiro atoms. The number of nitrogen functional groups attached to an aromatic ring is 1. The van der Waals surface area contributed by atoms with E-state index >= 15 is 4.39 Å². The molecule has 1 aliphatic heterocycles. The summed E-state index contributed by atoms with van der Waals surface area (Å²) >= 11 is 0. The van der Waals surface area contributed by atoms with E-state index in [1.807, 2.05) is 43.3 Å². The minimum Gasteiger partial charge on any atom is -0.486 e. The Balaban J connectivity index is 1.26. The van der Waals surface area contributed by atoms with Crippen LogP contribution in [0.25, 0.3) is 11.1 Å². The maximum absolute atomic E-state index is 15.9. The lowest BCUT2D eigenvalue weighted by atomic mass is 9.84. The Morgan fingerprint density at radius 2 is 1.76 bits per heavy atom. The number of allylic oxidation sites excluding steroid dienone is 2. The molecule has 0 bridgehead atoms. The Bertz CT molecular complexity index is 1340. The second kappa shape index (κ2) is 10.5. The van der Waals surface area contributed by atoms with Crippen molar-refractivity contribution < 1.29 is 9.13 Å². The maximum Gasteiger partial charge on any atom is 0.153 e. The molecule has 9 heteroatoms. The second-order valence-corrected chi connectivity index (χ2v) is 10.9. The van der Waals surface area contributed by atoms with Crippen molar-refractivity contribution >= 4 is 16.9 Å². The molecule has 2 unspecified atom stereocenters. The summed E-state index contributed by atoms with van der Waals surface area (Å²) in [4.78, 5) is 14.3. The van der Waals surface area contributed by atoms with Crippen molar-refractivity contribution in [3.63, 3.8) is 0 Å². The molecule has 38 heavy (non-hydrogen) atoms. The van der Waals surface area contributed by atoms with Gasteiger partial charge in [0.1, 0.15) is 41.0 Å². The summed E-state index contributed by atoms with van der Waals surface area (Å²) in [6, 6.07) is 10.1. The number of hydrogen-bond acceptors (Lipinski definition) is 7. The second-order valence-electron chi connectivity index (χ2n) is 10.9. The number of likely N-dealkylation sites (N-methyl/N-ethyl adjacent to an activating group) is 1. The van der Waals surface area contributed by atoms with E-state index in [1.54, 1.807) is 10.6 Å². The highest BCUT2D eigenvalue weighted by Crippen LogP contribution is 2.40. The molecule has 1 aromatic carbocycles. The topological polar surface area (TPSA) is 84.8 Å². The third kappa shape index (κ3) is 4.69. The van der Waals surface area contributed by atoms with Crippen LogP contribution in [0.1, 0.15) is 50.0 Å². The van der Waals surface area contributed by atoms with Gasteiger partial charge in [-0.1, -0.05) is 31.2 Å². The minimum absolute atomic E-state index is 0.247. The van der Waals surface area contributed by atoms with E-state index in [0.717, 1.165) is 57.7 Å². The molecule has 2 aliphatic carbocycles. The molecule has 0 amide bonds. The lowest BCUT2D eigenvalue weighted by molar-refractivity contribution is 0.0871. The molecule has 3 heterocycles. The molecule has 8 nitrogen and oxygen atoms in total. The predicted octanol–water partition coefficient (Wildman–Crippen LogP) is 4.31. The lowest BCUT2D eigenvalue weighted by Gasteiger charge is -2.40. The number of para-hydroxylation sites is 1. The van der Waals surface area contributed by atoms with Crippen molar-refractivity contribution in [2.24, 2.45) is 5.92 Å². The van der Waals surface area contributed by atoms with Gasteiger partial charge >= 0.3 is 0 Å². The molecule has 1 saturated heterocycles. The lowest BCUT2D eigenvalue weighted by Crippen LogP contribution is -2.49. The predicted molar refractivity (Wildman–Crippen MR) is 146 cm³/mol. The summed E-state index contributed by atoms with van der Waals surface area (Å²) in [5, 5.41) is 4.52. The number of imidazole rings is 1. The molecule has 3 aliphatic rings. The van der Waals surface area contributed by atoms with Crippen LogP contribution >= 0.6 is 0 Å². The van der Waals surface area contributed by atoms with Crippen molar-refractivity contribution in [1.82, 2.24) is 29.4 Å². The number of anilines is 1. The Morgan fingerprint density at radius 3 is 2.50 bits per heavy atom. The van der Waals surface area contributed by atoms with Crippen LogP contribution < -0.4 is 10.5 Å². The fourth-order valence-electron chi connectivity index (χ4n) is 6.13. The van der Waals surface area contributed by atoms with Gasteiger partial charge in [0.2, 0.25) is 0 Å². The zero-order chi connectivity index (χ0) is 26.2. The van der Waals surface area contributed by atoms with Gasteiger partial charge in [-0.05, 0) is 50.9 Å². The molecular weight excluding hydrogens is 481 g/mol. The third-order valence-electron chi connectivity index (χ3n) is 8.48. The molecule has 1 saturated carbocycles. The smallest absolute Gasteiger partial charge is 0.153 e. The van der Waals surface area contributed by atoms with Gasteiger partial charge < -0.3 is 15.4 Å². The van der Waals surface area contributed by atoms with Gasteiger partial charge in [0.25, 0.3) is 0 Å². The largest absolute Gasteiger partial charge is 0.486 e. The number of nitrogens with two attached hydrogens (primary N) is 1. The highest BCUT2D eigenvalue weighted by atomic mass is 19.1. The zero-order valence-electron chi connectivity index (χ0n) is 22.1. The van der Waals surface area contributed by atoms with Crippen LogP contribution in [0.4, 0.5) is 10.2 Å². The Kier molecular flexibility index (Phi) is 6.88. The summed E-state index contributed by atoms with van der Waals surface area (Å²) in [5.74, 6) is 1.39. The fourth-order valence-corrected chi connectivity index (χ4v) is 6.13. The van der Waals surface area contributed by atoms with Crippen molar-refractivity contribution in [1.29, 1.82) is 0 Å². The number of fused-ring (bicyclic) bond motifs is 1. The number of ether oxygens (including phenoxy) is 1. The summed E-state index contributed by atoms with van der Waals surface area (Å²) in [5.41, 5.74) is 7.85. The highest BCUT2D eigenvalue weighted by molar-refractivity contribution is 5.88. The van der Waals surface area contributed by atoms with Crippen molar-refractivity contribution in [3.05, 3.63) is 66.2 Å². The molecule has 2 atom stereocenters. The number of rotatable bonds is 5. The average molecular weight is 518 g/mol. The molecule has 6 rings (SSSR count). The molecule has 2 fully saturated rings. The molecule has 200 valence electrons. The Hall–Kier alpha value is -3.30. The van der Waals surface area contributed by atoms with Crippen LogP contribution in [-0.4, -0.2) is 74.8 Å². The standard InChI is InChI=1S/C29H36FN7O/c1-19-24(38-22-6-4-3-5-7-22)13-12-23(25(19)30)26-27-28(31)32-18-33-37(27)29(34-26)20-8-10-21(11-9-20)36-16-14-35(2)15-17-36/h3-7,12-13,18-21,24H,8-11,14-17H2,1-2H3,(H2,31,32,33)/t19?,20-,21+,24?. The number of benzene rings is 1. The fraction of sp³-hybridized carbons (Fsp3) is 0.483. The van der Waals surface area contributed by atoms with E-state index < -0.39 is 12.0 Å². The first-order chi connectivity index (χ1) is 18.5. The van der Waals surface area contributed by atoms with Crippen molar-refractivity contribution in [3.8, 4) is 5.75 Å². The first kappa shape index (κ1) is 25.0. The van der Waals surface area contributed by atoms with Crippen LogP contribution in [0.2, 0.25) is 0 Å². The number of hydrogen-bond donors (Lipinski definition) is 1. The van der Waals surface area contributed by atoms with E-state index in [9.17, 15) is 0 Å². The number of halogens is 1. The minimum atomic E-state index is -0.472. The van der Waals surface area contributed by atoms with Gasteiger partial charge in [-0.25, -0.2) is 18.9 Å². The van der Waals surface area contributed by atoms with Crippen LogP contribution in [0.3, 0.4) is 0 Å². The van der Waals surface area contributed by atoms with Gasteiger partial charge in [-0.3, -0.25) is 4.90 Å². The van der Waals surface area contributed by atoms with E-state index in [0.29, 0.717) is 34.4 Å². The molecule has 2 N–H and O–H groups in total. The first-order valence-electron chi connectivity index (χ1n) is 13.7. The molecule has 3 aromatic rings. The average Bonchev–Trinajstić information content (AvgIpc) is 3.33. The normalized spacial score (nSPS) is 27.2. The van der Waals surface area contributed by atoms with Crippen LogP contribution in [0, 0.1) is 5.92 Å². The Labute approximate surface area is 223 Å². The number of piperazine rings is 1. The van der Waals surface area contributed by atoms with E-state index in [2.05, 4.69) is 26.9 Å². The summed E-state index contributed by atoms with van der Waals surface area (Å²) < 4.78 is 23.7. The SMILES string of the molecule is CC1C(F)=C(c2nc([C@H]3CC[C@@H](N4CCN(C)CC4)CC3)n3ncnc(N)c23)C=CC1Oc1ccccc1. The quantitative estimate of drug-likeness (QED) is 0.540. The van der Waals surface area contributed by atoms with Crippen LogP contribution in [0.5, 0.6) is 5.75 Å². The molecular formula is C29H36FN7O. The van der Waals surface area contributed by atoms with Gasteiger partial charge in [-0.15, -0.1) is 0 Å². The van der Waals surface area contributed by atoms with Gasteiger partial charge in [-0.2, -0.15) is 5.10 Å². The Morgan fingerprint density at radius 1 is 1.03 bits per heavy atom. The first-order valence-corrected chi connectivity index (χ1v) is 13.7. The van der Waals surface area contributed by atoms with E-state index in [4.69, 9.17) is 15.5 Å². The highest BCUT2D eigenvalue weighted by Gasteiger charge is 2.34. The number of nitrogens with zero attached hydrogens (tertiary/aromatic N) is 6. The van der Waals surface area contributed by atoms with Gasteiger partial charge in [0.05, 0.1) is 0 Å². The maximum atomic E-state index is 15.9. The summed E-state index contributed by atoms with van der Waals surface area (Å²) in [6.07, 6.45) is 9.04. The monoisotopic (exact) mass is 517 g/mol. The molecule has 0 radical (unpaired) electrons. The summed E-state index contributed by atoms with van der Waals surface area (Å²) in [7, 11) is 2.19. The van der Waals surface area contributed by atoms with Gasteiger partial charge in [0, 0.05) is 49.6 Å². The van der Waals surface area contributed by atoms with Crippen LogP contribution in [-0.2, 0) is 0 Å². The van der Waals surface area contributed by atoms with E-state index in [-0.39, 0.29) is 11.7 Å². The molecule has 2 aromatic heterocycles.